The molecule has 0 fully saturated rings. The van der Waals surface area contributed by atoms with Crippen LogP contribution in [0.3, 0.4) is 0 Å². The van der Waals surface area contributed by atoms with Gasteiger partial charge in [-0.1, -0.05) is 168 Å². The number of hydrogen-bond donors (Lipinski definition) is 1. The zero-order valence-corrected chi connectivity index (χ0v) is 26.8. The Morgan fingerprint density at radius 2 is 0.789 bits per heavy atom. The lowest BCUT2D eigenvalue weighted by Gasteiger charge is -2.17. The first-order valence-corrected chi connectivity index (χ1v) is 17.8. The van der Waals surface area contributed by atoms with Gasteiger partial charge in [-0.15, -0.1) is 0 Å². The zero-order valence-electron chi connectivity index (χ0n) is 26.8. The molecule has 0 bridgehead atoms. The van der Waals surface area contributed by atoms with Gasteiger partial charge in [0.25, 0.3) is 0 Å². The van der Waals surface area contributed by atoms with Crippen molar-refractivity contribution in [1.29, 1.82) is 0 Å². The molecule has 0 aliphatic carbocycles. The Labute approximate surface area is 241 Å². The molecule has 0 aliphatic rings. The largest absolute Gasteiger partial charge is 0.381 e. The third-order valence-electron chi connectivity index (χ3n) is 8.33. The Morgan fingerprint density at radius 1 is 0.421 bits per heavy atom. The maximum absolute atomic E-state index is 10.1. The molecule has 0 aliphatic heterocycles. The molecule has 0 aromatic rings. The number of nitrogens with zero attached hydrogens (tertiary/aromatic N) is 1. The van der Waals surface area contributed by atoms with Crippen molar-refractivity contribution in [3.8, 4) is 0 Å². The minimum Gasteiger partial charge on any atom is -0.381 e. The Hall–Kier alpha value is -0.120. The average molecular weight is 540 g/mol. The minimum atomic E-state index is 0.845. The lowest BCUT2D eigenvalue weighted by Crippen LogP contribution is -2.21. The van der Waals surface area contributed by atoms with Gasteiger partial charge in [-0.25, -0.2) is 0 Å². The first kappa shape index (κ1) is 37.9. The number of ether oxygens (including phenoxy) is 1. The van der Waals surface area contributed by atoms with Gasteiger partial charge in [0.05, 0.1) is 0 Å². The van der Waals surface area contributed by atoms with Gasteiger partial charge in [0, 0.05) is 26.3 Å². The van der Waals surface area contributed by atoms with Crippen molar-refractivity contribution in [2.45, 2.75) is 194 Å². The van der Waals surface area contributed by atoms with Crippen molar-refractivity contribution in [3.05, 3.63) is 0 Å². The molecule has 230 valence electrons. The van der Waals surface area contributed by atoms with Crippen LogP contribution in [-0.4, -0.2) is 36.6 Å². The van der Waals surface area contributed by atoms with Crippen LogP contribution in [0.4, 0.5) is 0 Å². The molecule has 0 radical (unpaired) electrons. The third-order valence-corrected chi connectivity index (χ3v) is 8.33. The zero-order chi connectivity index (χ0) is 27.8. The van der Waals surface area contributed by atoms with E-state index in [9.17, 15) is 5.21 Å². The Morgan fingerprint density at radius 3 is 1.26 bits per heavy atom. The van der Waals surface area contributed by atoms with E-state index in [1.807, 2.05) is 0 Å². The predicted molar refractivity (Wildman–Crippen MR) is 169 cm³/mol. The summed E-state index contributed by atoms with van der Waals surface area (Å²) in [6.07, 6.45) is 36.3. The molecule has 3 heteroatoms. The summed E-state index contributed by atoms with van der Waals surface area (Å²) in [5.74, 6) is 0.889. The molecule has 0 amide bonds. The first-order valence-electron chi connectivity index (χ1n) is 17.8. The molecule has 1 unspecified atom stereocenters. The number of rotatable bonds is 33. The van der Waals surface area contributed by atoms with Gasteiger partial charge >= 0.3 is 0 Å². The van der Waals surface area contributed by atoms with Crippen LogP contribution in [-0.2, 0) is 4.74 Å². The summed E-state index contributed by atoms with van der Waals surface area (Å²) in [5.41, 5.74) is 0. The molecule has 0 aromatic carbocycles. The van der Waals surface area contributed by atoms with Crippen LogP contribution in [0.25, 0.3) is 0 Å². The van der Waals surface area contributed by atoms with Gasteiger partial charge in [0.1, 0.15) is 0 Å². The van der Waals surface area contributed by atoms with E-state index < -0.39 is 0 Å². The summed E-state index contributed by atoms with van der Waals surface area (Å²) < 4.78 is 6.05. The highest BCUT2D eigenvalue weighted by atomic mass is 16.5. The van der Waals surface area contributed by atoms with Gasteiger partial charge in [0.15, 0.2) is 0 Å². The summed E-state index contributed by atoms with van der Waals surface area (Å²) in [6, 6.07) is 0. The van der Waals surface area contributed by atoms with E-state index in [4.69, 9.17) is 4.74 Å². The van der Waals surface area contributed by atoms with Crippen LogP contribution in [0.15, 0.2) is 0 Å². The molecule has 1 atom stereocenters. The van der Waals surface area contributed by atoms with Gasteiger partial charge in [-0.3, -0.25) is 0 Å². The number of hydrogen-bond acceptors (Lipinski definition) is 3. The molecular weight excluding hydrogens is 466 g/mol. The molecule has 0 rings (SSSR count). The smallest absolute Gasteiger partial charge is 0.0468 e. The van der Waals surface area contributed by atoms with E-state index in [0.29, 0.717) is 0 Å². The number of hydroxylamine groups is 2. The van der Waals surface area contributed by atoms with Gasteiger partial charge in [-0.05, 0) is 31.6 Å². The van der Waals surface area contributed by atoms with Crippen LogP contribution in [0.2, 0.25) is 0 Å². The second-order valence-electron chi connectivity index (χ2n) is 12.2. The summed E-state index contributed by atoms with van der Waals surface area (Å²) >= 11 is 0. The maximum Gasteiger partial charge on any atom is 0.0468 e. The van der Waals surface area contributed by atoms with E-state index in [0.717, 1.165) is 45.1 Å². The molecule has 0 saturated carbocycles. The van der Waals surface area contributed by atoms with Crippen LogP contribution in [0, 0.1) is 5.92 Å². The predicted octanol–water partition coefficient (Wildman–Crippen LogP) is 11.9. The second-order valence-corrected chi connectivity index (χ2v) is 12.2. The van der Waals surface area contributed by atoms with E-state index in [1.165, 1.54) is 161 Å². The van der Waals surface area contributed by atoms with E-state index in [1.54, 1.807) is 5.06 Å². The summed E-state index contributed by atoms with van der Waals surface area (Å²) in [6.45, 7) is 10.5. The summed E-state index contributed by atoms with van der Waals surface area (Å²) in [5, 5.41) is 11.6. The van der Waals surface area contributed by atoms with Gasteiger partial charge in [0.2, 0.25) is 0 Å². The fourth-order valence-electron chi connectivity index (χ4n) is 5.60. The van der Waals surface area contributed by atoms with Gasteiger partial charge < -0.3 is 9.94 Å². The summed E-state index contributed by atoms with van der Waals surface area (Å²) in [7, 11) is 0. The van der Waals surface area contributed by atoms with Gasteiger partial charge in [-0.2, -0.15) is 5.06 Å². The van der Waals surface area contributed by atoms with Crippen molar-refractivity contribution < 1.29 is 9.94 Å². The van der Waals surface area contributed by atoms with Crippen molar-refractivity contribution in [3.63, 3.8) is 0 Å². The minimum absolute atomic E-state index is 0.845. The molecule has 0 spiro atoms. The van der Waals surface area contributed by atoms with E-state index in [-0.39, 0.29) is 0 Å². The van der Waals surface area contributed by atoms with Crippen LogP contribution in [0.5, 0.6) is 0 Å². The maximum atomic E-state index is 10.1. The molecule has 3 nitrogen and oxygen atoms in total. The molecule has 38 heavy (non-hydrogen) atoms. The average Bonchev–Trinajstić information content (AvgIpc) is 2.92. The topological polar surface area (TPSA) is 32.7 Å². The Bertz CT molecular complexity index is 417. The number of unbranched alkanes of at least 4 members (excludes halogenated alkanes) is 20. The third kappa shape index (κ3) is 30.4. The van der Waals surface area contributed by atoms with Crippen molar-refractivity contribution in [2.24, 2.45) is 5.92 Å². The molecule has 0 saturated heterocycles. The van der Waals surface area contributed by atoms with Crippen molar-refractivity contribution in [2.75, 3.05) is 26.3 Å². The monoisotopic (exact) mass is 540 g/mol. The lowest BCUT2D eigenvalue weighted by atomic mass is 9.92. The molecule has 0 aromatic heterocycles. The highest BCUT2D eigenvalue weighted by Crippen LogP contribution is 2.22. The highest BCUT2D eigenvalue weighted by molar-refractivity contribution is 4.61. The highest BCUT2D eigenvalue weighted by Gasteiger charge is 2.09. The van der Waals surface area contributed by atoms with Crippen LogP contribution >= 0.6 is 0 Å². The van der Waals surface area contributed by atoms with Crippen LogP contribution in [0.1, 0.15) is 194 Å². The molecule has 1 N–H and O–H groups in total. The van der Waals surface area contributed by atoms with Crippen LogP contribution < -0.4 is 0 Å². The lowest BCUT2D eigenvalue weighted by molar-refractivity contribution is -0.0925. The molecule has 0 heterocycles. The Kier molecular flexibility index (Phi) is 33.0. The first-order chi connectivity index (χ1) is 18.7. The summed E-state index contributed by atoms with van der Waals surface area (Å²) in [4.78, 5) is 0. The normalized spacial score (nSPS) is 12.6. The second kappa shape index (κ2) is 33.1. The SMILES string of the molecule is CCCCCCCCCCN(O)CCCCCCCCOCCC(CCCCCC)CCCCCCCC. The Balaban J connectivity index is 3.56. The van der Waals surface area contributed by atoms with Crippen molar-refractivity contribution >= 4 is 0 Å². The van der Waals surface area contributed by atoms with Crippen molar-refractivity contribution in [1.82, 2.24) is 5.06 Å². The molecular formula is C35H73NO2. The van der Waals surface area contributed by atoms with E-state index >= 15 is 0 Å². The fourth-order valence-corrected chi connectivity index (χ4v) is 5.60. The fraction of sp³-hybridized carbons (Fsp3) is 1.00. The quantitative estimate of drug-likeness (QED) is 0.0664. The standard InChI is InChI=1S/C35H73NO2/c1-4-7-10-13-15-16-20-25-31-36(37)32-26-21-17-18-22-27-33-38-34-30-35(28-23-12-9-6-3)29-24-19-14-11-8-5-2/h35,37H,4-34H2,1-3H3. The van der Waals surface area contributed by atoms with E-state index in [2.05, 4.69) is 20.8 Å².